The van der Waals surface area contributed by atoms with Crippen LogP contribution in [0.1, 0.15) is 27.3 Å². The van der Waals surface area contributed by atoms with Gasteiger partial charge < -0.3 is 14.9 Å². The van der Waals surface area contributed by atoms with Crippen molar-refractivity contribution in [2.45, 2.75) is 20.8 Å². The van der Waals surface area contributed by atoms with E-state index in [1.807, 2.05) is 18.3 Å². The molecule has 1 aliphatic heterocycles. The molecule has 0 amide bonds. The lowest BCUT2D eigenvalue weighted by molar-refractivity contribution is 0.0688. The molecule has 0 aliphatic carbocycles. The normalized spacial score (nSPS) is 14.8. The Kier molecular flexibility index (Phi) is 4.26. The van der Waals surface area contributed by atoms with Gasteiger partial charge in [0.15, 0.2) is 5.69 Å². The van der Waals surface area contributed by atoms with Crippen molar-refractivity contribution < 1.29 is 9.90 Å². The van der Waals surface area contributed by atoms with Gasteiger partial charge in [-0.25, -0.2) is 9.78 Å². The first-order valence-corrected chi connectivity index (χ1v) is 9.24. The number of fused-ring (bicyclic) bond motifs is 1. The third kappa shape index (κ3) is 3.01. The summed E-state index contributed by atoms with van der Waals surface area (Å²) < 4.78 is 1.68. The van der Waals surface area contributed by atoms with Crippen molar-refractivity contribution in [1.29, 1.82) is 0 Å². The Morgan fingerprint density at radius 3 is 2.41 bits per heavy atom. The average molecular weight is 364 g/mol. The van der Waals surface area contributed by atoms with Crippen molar-refractivity contribution in [3.05, 3.63) is 59.0 Å². The predicted molar refractivity (Wildman–Crippen MR) is 107 cm³/mol. The lowest BCUT2D eigenvalue weighted by atomic mass is 10.1. The number of imidazole rings is 1. The minimum absolute atomic E-state index is 0.237. The number of pyridine rings is 1. The second-order valence-corrected chi connectivity index (χ2v) is 7.16. The van der Waals surface area contributed by atoms with Crippen LogP contribution < -0.4 is 9.80 Å². The average Bonchev–Trinajstić information content (AvgIpc) is 2.99. The molecule has 1 saturated heterocycles. The molecule has 1 N–H and O–H groups in total. The minimum Gasteiger partial charge on any atom is -0.477 e. The molecule has 4 rings (SSSR count). The second kappa shape index (κ2) is 6.61. The van der Waals surface area contributed by atoms with Gasteiger partial charge in [-0.2, -0.15) is 0 Å². The summed E-state index contributed by atoms with van der Waals surface area (Å²) in [4.78, 5) is 20.6. The number of hydrogen-bond donors (Lipinski definition) is 1. The second-order valence-electron chi connectivity index (χ2n) is 7.16. The van der Waals surface area contributed by atoms with Crippen LogP contribution in [0.15, 0.2) is 36.5 Å². The van der Waals surface area contributed by atoms with E-state index < -0.39 is 5.97 Å². The first kappa shape index (κ1) is 17.4. The molecular formula is C21H24N4O2. The molecule has 1 fully saturated rings. The number of piperazine rings is 1. The number of aromatic nitrogens is 2. The third-order valence-corrected chi connectivity index (χ3v) is 5.54. The summed E-state index contributed by atoms with van der Waals surface area (Å²) in [6, 6.07) is 10.4. The number of nitrogens with zero attached hydrogens (tertiary/aromatic N) is 4. The Morgan fingerprint density at radius 2 is 1.70 bits per heavy atom. The summed E-state index contributed by atoms with van der Waals surface area (Å²) in [5, 5.41) is 9.48. The molecule has 140 valence electrons. The predicted octanol–water partition coefficient (Wildman–Crippen LogP) is 3.28. The van der Waals surface area contributed by atoms with Crippen LogP contribution in [-0.2, 0) is 0 Å². The zero-order chi connectivity index (χ0) is 19.1. The van der Waals surface area contributed by atoms with E-state index in [-0.39, 0.29) is 5.69 Å². The van der Waals surface area contributed by atoms with Crippen molar-refractivity contribution in [2.24, 2.45) is 0 Å². The number of benzene rings is 1. The quantitative estimate of drug-likeness (QED) is 0.773. The molecule has 0 bridgehead atoms. The lowest BCUT2D eigenvalue weighted by Crippen LogP contribution is -2.46. The van der Waals surface area contributed by atoms with E-state index in [9.17, 15) is 9.90 Å². The van der Waals surface area contributed by atoms with Crippen molar-refractivity contribution >= 4 is 23.0 Å². The van der Waals surface area contributed by atoms with Gasteiger partial charge in [0.1, 0.15) is 5.65 Å². The molecule has 3 heterocycles. The van der Waals surface area contributed by atoms with Crippen LogP contribution in [0.3, 0.4) is 0 Å². The maximum atomic E-state index is 11.6. The van der Waals surface area contributed by atoms with Crippen LogP contribution in [0.25, 0.3) is 5.65 Å². The highest BCUT2D eigenvalue weighted by Crippen LogP contribution is 2.26. The summed E-state index contributed by atoms with van der Waals surface area (Å²) in [5.74, 6) is -0.947. The van der Waals surface area contributed by atoms with Crippen LogP contribution in [0.4, 0.5) is 11.4 Å². The molecule has 6 heteroatoms. The Balaban J connectivity index is 1.57. The molecular weight excluding hydrogens is 340 g/mol. The zero-order valence-corrected chi connectivity index (χ0v) is 15.9. The highest BCUT2D eigenvalue weighted by molar-refractivity contribution is 5.88. The third-order valence-electron chi connectivity index (χ3n) is 5.54. The smallest absolute Gasteiger partial charge is 0.354 e. The number of hydrogen-bond acceptors (Lipinski definition) is 4. The fraction of sp³-hybridized carbons (Fsp3) is 0.333. The first-order valence-electron chi connectivity index (χ1n) is 9.24. The van der Waals surface area contributed by atoms with Gasteiger partial charge in [0.2, 0.25) is 0 Å². The molecule has 0 unspecified atom stereocenters. The van der Waals surface area contributed by atoms with Gasteiger partial charge in [-0.1, -0.05) is 12.1 Å². The van der Waals surface area contributed by atoms with Crippen LogP contribution >= 0.6 is 0 Å². The zero-order valence-electron chi connectivity index (χ0n) is 15.9. The number of rotatable bonds is 3. The lowest BCUT2D eigenvalue weighted by Gasteiger charge is -2.38. The number of carbonyl (C=O) groups is 1. The molecule has 2 aromatic heterocycles. The standard InChI is InChI=1S/C21H24N4O2/c1-14-5-4-6-18(15(14)2)24-11-9-23(10-12-24)17-7-8-19-22-16(3)20(21(26)27)25(19)13-17/h4-8,13H,9-12H2,1-3H3,(H,26,27). The molecule has 0 radical (unpaired) electrons. The Bertz CT molecular complexity index is 1020. The largest absolute Gasteiger partial charge is 0.477 e. The number of aromatic carboxylic acids is 1. The van der Waals surface area contributed by atoms with Crippen LogP contribution in [0.5, 0.6) is 0 Å². The summed E-state index contributed by atoms with van der Waals surface area (Å²) in [6.07, 6.45) is 1.90. The molecule has 1 aromatic carbocycles. The van der Waals surface area contributed by atoms with E-state index >= 15 is 0 Å². The highest BCUT2D eigenvalue weighted by atomic mass is 16.4. The fourth-order valence-corrected chi connectivity index (χ4v) is 3.88. The van der Waals surface area contributed by atoms with Crippen LogP contribution in [0.2, 0.25) is 0 Å². The highest BCUT2D eigenvalue weighted by Gasteiger charge is 2.21. The van der Waals surface area contributed by atoms with Crippen molar-refractivity contribution in [3.63, 3.8) is 0 Å². The monoisotopic (exact) mass is 364 g/mol. The first-order chi connectivity index (χ1) is 13.0. The Hall–Kier alpha value is -3.02. The molecule has 6 nitrogen and oxygen atoms in total. The van der Waals surface area contributed by atoms with Crippen molar-refractivity contribution in [2.75, 3.05) is 36.0 Å². The Morgan fingerprint density at radius 1 is 1.00 bits per heavy atom. The molecule has 0 saturated carbocycles. The molecule has 27 heavy (non-hydrogen) atoms. The van der Waals surface area contributed by atoms with Gasteiger partial charge >= 0.3 is 5.97 Å². The number of carboxylic acids is 1. The summed E-state index contributed by atoms with van der Waals surface area (Å²) in [6.45, 7) is 9.74. The van der Waals surface area contributed by atoms with E-state index in [0.717, 1.165) is 31.9 Å². The van der Waals surface area contributed by atoms with Gasteiger partial charge in [-0.05, 0) is 50.1 Å². The molecule has 0 spiro atoms. The van der Waals surface area contributed by atoms with Crippen LogP contribution in [-0.4, -0.2) is 46.6 Å². The van der Waals surface area contributed by atoms with E-state index in [1.165, 1.54) is 16.8 Å². The van der Waals surface area contributed by atoms with Gasteiger partial charge in [0.05, 0.1) is 11.4 Å². The summed E-state index contributed by atoms with van der Waals surface area (Å²) >= 11 is 0. The van der Waals surface area contributed by atoms with E-state index in [0.29, 0.717) is 11.3 Å². The molecule has 0 atom stereocenters. The van der Waals surface area contributed by atoms with Crippen LogP contribution in [0, 0.1) is 20.8 Å². The van der Waals surface area contributed by atoms with Gasteiger partial charge in [0, 0.05) is 38.1 Å². The fourth-order valence-electron chi connectivity index (χ4n) is 3.88. The summed E-state index contributed by atoms with van der Waals surface area (Å²) in [5.41, 5.74) is 6.44. The summed E-state index contributed by atoms with van der Waals surface area (Å²) in [7, 11) is 0. The topological polar surface area (TPSA) is 61.1 Å². The van der Waals surface area contributed by atoms with Gasteiger partial charge in [0.25, 0.3) is 0 Å². The SMILES string of the molecule is Cc1cccc(N2CCN(c3ccc4nc(C)c(C(=O)O)n4c3)CC2)c1C. The molecule has 1 aliphatic rings. The Labute approximate surface area is 158 Å². The van der Waals surface area contributed by atoms with E-state index in [2.05, 4.69) is 46.8 Å². The van der Waals surface area contributed by atoms with E-state index in [4.69, 9.17) is 0 Å². The van der Waals surface area contributed by atoms with Crippen molar-refractivity contribution in [3.8, 4) is 0 Å². The molecule has 3 aromatic rings. The van der Waals surface area contributed by atoms with Crippen molar-refractivity contribution in [1.82, 2.24) is 9.38 Å². The number of anilines is 2. The van der Waals surface area contributed by atoms with E-state index in [1.54, 1.807) is 11.3 Å². The van der Waals surface area contributed by atoms with Gasteiger partial charge in [-0.15, -0.1) is 0 Å². The maximum absolute atomic E-state index is 11.6. The number of carboxylic acid groups (broad SMARTS) is 1. The minimum atomic E-state index is -0.947. The van der Waals surface area contributed by atoms with Gasteiger partial charge in [-0.3, -0.25) is 4.40 Å². The maximum Gasteiger partial charge on any atom is 0.354 e. The number of aryl methyl sites for hydroxylation is 2.